The van der Waals surface area contributed by atoms with E-state index in [1.54, 1.807) is 0 Å². The molecule has 1 heterocycles. The number of benzene rings is 4. The summed E-state index contributed by atoms with van der Waals surface area (Å²) >= 11 is 0. The van der Waals surface area contributed by atoms with Gasteiger partial charge in [0.25, 0.3) is 0 Å². The summed E-state index contributed by atoms with van der Waals surface area (Å²) in [5, 5.41) is 24.3. The molecule has 28 heavy (non-hydrogen) atoms. The lowest BCUT2D eigenvalue weighted by molar-refractivity contribution is -0.0222. The van der Waals surface area contributed by atoms with E-state index in [9.17, 15) is 10.2 Å². The van der Waals surface area contributed by atoms with Crippen molar-refractivity contribution in [3.8, 4) is 11.1 Å². The molecular formula is C25H22O3. The highest BCUT2D eigenvalue weighted by molar-refractivity contribution is 6.06. The number of hydrogen-bond donors (Lipinski definition) is 2. The first-order chi connectivity index (χ1) is 13.8. The van der Waals surface area contributed by atoms with Crippen LogP contribution in [0.15, 0.2) is 78.9 Å². The SMILES string of the molecule is OC[C@H]1O[C@@H](c2ccc(-c3cccc4ccccc34)c3ccccc23)C[C@@H]1O. The van der Waals surface area contributed by atoms with Gasteiger partial charge in [-0.25, -0.2) is 0 Å². The Balaban J connectivity index is 1.69. The predicted molar refractivity (Wildman–Crippen MR) is 112 cm³/mol. The summed E-state index contributed by atoms with van der Waals surface area (Å²) in [6.07, 6.45) is -0.852. The minimum Gasteiger partial charge on any atom is -0.394 e. The van der Waals surface area contributed by atoms with Gasteiger partial charge in [-0.3, -0.25) is 0 Å². The molecule has 1 aliphatic heterocycles. The maximum Gasteiger partial charge on any atom is 0.107 e. The first kappa shape index (κ1) is 17.4. The van der Waals surface area contributed by atoms with Gasteiger partial charge < -0.3 is 14.9 Å². The van der Waals surface area contributed by atoms with Crippen LogP contribution < -0.4 is 0 Å². The van der Waals surface area contributed by atoms with E-state index in [1.807, 2.05) is 6.07 Å². The van der Waals surface area contributed by atoms with Gasteiger partial charge in [-0.1, -0.05) is 78.9 Å². The molecule has 3 heteroatoms. The smallest absolute Gasteiger partial charge is 0.107 e. The molecule has 0 radical (unpaired) electrons. The number of rotatable bonds is 3. The lowest BCUT2D eigenvalue weighted by Crippen LogP contribution is -2.24. The molecule has 0 aromatic heterocycles. The summed E-state index contributed by atoms with van der Waals surface area (Å²) in [7, 11) is 0. The number of ether oxygens (including phenoxy) is 1. The molecule has 3 atom stereocenters. The number of hydrogen-bond acceptors (Lipinski definition) is 3. The van der Waals surface area contributed by atoms with Crippen molar-refractivity contribution in [2.75, 3.05) is 6.61 Å². The summed E-state index contributed by atoms with van der Waals surface area (Å²) in [6.45, 7) is -0.163. The van der Waals surface area contributed by atoms with Crippen LogP contribution in [0.1, 0.15) is 18.1 Å². The summed E-state index contributed by atoms with van der Waals surface area (Å²) in [5.74, 6) is 0. The fraction of sp³-hybridized carbons (Fsp3) is 0.200. The van der Waals surface area contributed by atoms with Gasteiger partial charge in [0.15, 0.2) is 0 Å². The average Bonchev–Trinajstić information content (AvgIpc) is 3.13. The molecule has 5 rings (SSSR count). The standard InChI is InChI=1S/C25H22O3/c26-15-25-23(27)14-24(28-25)22-13-12-21(19-9-3-4-10-20(19)22)18-11-5-7-16-6-1-2-8-17(16)18/h1-13,23-27H,14-15H2/t23-,24+,25+/m0/s1. The van der Waals surface area contributed by atoms with Crippen LogP contribution in [0, 0.1) is 0 Å². The van der Waals surface area contributed by atoms with E-state index >= 15 is 0 Å². The largest absolute Gasteiger partial charge is 0.394 e. The zero-order valence-corrected chi connectivity index (χ0v) is 15.5. The van der Waals surface area contributed by atoms with Crippen molar-refractivity contribution in [3.05, 3.63) is 84.4 Å². The summed E-state index contributed by atoms with van der Waals surface area (Å²) in [4.78, 5) is 0. The van der Waals surface area contributed by atoms with Gasteiger partial charge in [0.05, 0.1) is 18.8 Å². The molecule has 1 saturated heterocycles. The molecule has 0 saturated carbocycles. The van der Waals surface area contributed by atoms with E-state index in [2.05, 4.69) is 72.8 Å². The first-order valence-corrected chi connectivity index (χ1v) is 9.70. The zero-order chi connectivity index (χ0) is 19.1. The Labute approximate surface area is 163 Å². The van der Waals surface area contributed by atoms with Crippen LogP contribution in [-0.4, -0.2) is 29.0 Å². The van der Waals surface area contributed by atoms with Gasteiger partial charge in [0, 0.05) is 6.42 Å². The Hall–Kier alpha value is -2.72. The summed E-state index contributed by atoms with van der Waals surface area (Å²) in [6, 6.07) is 27.5. The van der Waals surface area contributed by atoms with Crippen LogP contribution >= 0.6 is 0 Å². The molecule has 4 aromatic rings. The van der Waals surface area contributed by atoms with Gasteiger partial charge in [-0.05, 0) is 38.2 Å². The van der Waals surface area contributed by atoms with Crippen molar-refractivity contribution in [2.45, 2.75) is 24.7 Å². The topological polar surface area (TPSA) is 49.7 Å². The maximum atomic E-state index is 10.2. The normalized spacial score (nSPS) is 22.1. The van der Waals surface area contributed by atoms with E-state index in [1.165, 1.54) is 27.3 Å². The van der Waals surface area contributed by atoms with E-state index < -0.39 is 12.2 Å². The highest BCUT2D eigenvalue weighted by atomic mass is 16.5. The zero-order valence-electron chi connectivity index (χ0n) is 15.5. The molecular weight excluding hydrogens is 348 g/mol. The Kier molecular flexibility index (Phi) is 4.36. The predicted octanol–water partition coefficient (Wildman–Crippen LogP) is 4.84. The van der Waals surface area contributed by atoms with Crippen LogP contribution in [0.25, 0.3) is 32.7 Å². The minimum atomic E-state index is -0.633. The van der Waals surface area contributed by atoms with E-state index in [0.717, 1.165) is 10.9 Å². The molecule has 0 aliphatic carbocycles. The molecule has 3 nitrogen and oxygen atoms in total. The number of aliphatic hydroxyl groups is 2. The lowest BCUT2D eigenvalue weighted by atomic mass is 9.90. The van der Waals surface area contributed by atoms with Crippen LogP contribution in [0.4, 0.5) is 0 Å². The molecule has 0 unspecified atom stereocenters. The molecule has 1 fully saturated rings. The summed E-state index contributed by atoms with van der Waals surface area (Å²) < 4.78 is 5.93. The third-order valence-electron chi connectivity index (χ3n) is 5.79. The minimum absolute atomic E-state index is 0.163. The molecule has 0 amide bonds. The second-order valence-corrected chi connectivity index (χ2v) is 7.42. The second-order valence-electron chi connectivity index (χ2n) is 7.42. The Bertz CT molecular complexity index is 1150. The van der Waals surface area contributed by atoms with Crippen molar-refractivity contribution >= 4 is 21.5 Å². The van der Waals surface area contributed by atoms with Gasteiger partial charge in [-0.2, -0.15) is 0 Å². The Morgan fingerprint density at radius 2 is 1.43 bits per heavy atom. The number of fused-ring (bicyclic) bond motifs is 2. The quantitative estimate of drug-likeness (QED) is 0.542. The second kappa shape index (κ2) is 7.02. The van der Waals surface area contributed by atoms with Crippen molar-refractivity contribution in [3.63, 3.8) is 0 Å². The fourth-order valence-electron chi connectivity index (χ4n) is 4.39. The summed E-state index contributed by atoms with van der Waals surface area (Å²) in [5.41, 5.74) is 3.46. The van der Waals surface area contributed by atoms with Gasteiger partial charge in [0.2, 0.25) is 0 Å². The molecule has 2 N–H and O–H groups in total. The molecule has 0 spiro atoms. The number of aliphatic hydroxyl groups excluding tert-OH is 2. The van der Waals surface area contributed by atoms with Crippen LogP contribution in [0.2, 0.25) is 0 Å². The highest BCUT2D eigenvalue weighted by Crippen LogP contribution is 2.40. The third-order valence-corrected chi connectivity index (χ3v) is 5.79. The van der Waals surface area contributed by atoms with Gasteiger partial charge >= 0.3 is 0 Å². The van der Waals surface area contributed by atoms with E-state index in [-0.39, 0.29) is 12.7 Å². The van der Waals surface area contributed by atoms with Gasteiger partial charge in [-0.15, -0.1) is 0 Å². The lowest BCUT2D eigenvalue weighted by Gasteiger charge is -2.17. The van der Waals surface area contributed by atoms with Crippen molar-refractivity contribution in [1.29, 1.82) is 0 Å². The molecule has 0 bridgehead atoms. The maximum absolute atomic E-state index is 10.2. The van der Waals surface area contributed by atoms with E-state index in [4.69, 9.17) is 4.74 Å². The third kappa shape index (κ3) is 2.80. The monoisotopic (exact) mass is 370 g/mol. The van der Waals surface area contributed by atoms with Crippen molar-refractivity contribution in [1.82, 2.24) is 0 Å². The fourth-order valence-corrected chi connectivity index (χ4v) is 4.39. The van der Waals surface area contributed by atoms with Crippen molar-refractivity contribution < 1.29 is 14.9 Å². The first-order valence-electron chi connectivity index (χ1n) is 9.70. The Morgan fingerprint density at radius 1 is 0.750 bits per heavy atom. The van der Waals surface area contributed by atoms with Crippen LogP contribution in [0.3, 0.4) is 0 Å². The highest BCUT2D eigenvalue weighted by Gasteiger charge is 2.35. The van der Waals surface area contributed by atoms with Crippen molar-refractivity contribution in [2.24, 2.45) is 0 Å². The van der Waals surface area contributed by atoms with E-state index in [0.29, 0.717) is 6.42 Å². The van der Waals surface area contributed by atoms with Gasteiger partial charge in [0.1, 0.15) is 6.10 Å². The average molecular weight is 370 g/mol. The van der Waals surface area contributed by atoms with Crippen LogP contribution in [0.5, 0.6) is 0 Å². The van der Waals surface area contributed by atoms with Crippen LogP contribution in [-0.2, 0) is 4.74 Å². The Morgan fingerprint density at radius 3 is 2.21 bits per heavy atom. The molecule has 4 aromatic carbocycles. The molecule has 140 valence electrons. The molecule has 1 aliphatic rings.